The summed E-state index contributed by atoms with van der Waals surface area (Å²) in [6.45, 7) is 2.78. The van der Waals surface area contributed by atoms with E-state index in [1.54, 1.807) is 26.1 Å². The molecule has 0 bridgehead atoms. The Morgan fingerprint density at radius 1 is 1.33 bits per heavy atom. The number of hydrogen-bond donors (Lipinski definition) is 1. The molecular weight excluding hydrogens is 354 g/mol. The average molecular weight is 369 g/mol. The molecule has 0 radical (unpaired) electrons. The van der Waals surface area contributed by atoms with Crippen molar-refractivity contribution in [3.63, 3.8) is 0 Å². The third-order valence-corrected chi connectivity index (χ3v) is 3.81. The maximum Gasteiger partial charge on any atom is 0.344 e. The summed E-state index contributed by atoms with van der Waals surface area (Å²) in [7, 11) is 0. The summed E-state index contributed by atoms with van der Waals surface area (Å²) in [6, 6.07) is 5.78. The molecule has 2 heterocycles. The molecular formula is C17H15N5O5. The van der Waals surface area contributed by atoms with Crippen molar-refractivity contribution < 1.29 is 19.2 Å². The molecule has 138 valence electrons. The second-order valence-electron chi connectivity index (χ2n) is 5.73. The van der Waals surface area contributed by atoms with Crippen molar-refractivity contribution in [1.29, 1.82) is 0 Å². The lowest BCUT2D eigenvalue weighted by atomic mass is 10.2. The van der Waals surface area contributed by atoms with Crippen molar-refractivity contribution in [2.24, 2.45) is 0 Å². The van der Waals surface area contributed by atoms with Crippen LogP contribution in [0.2, 0.25) is 0 Å². The topological polar surface area (TPSA) is 129 Å². The summed E-state index contributed by atoms with van der Waals surface area (Å²) in [6.07, 6.45) is 3.16. The number of nitrogens with zero attached hydrogens (tertiary/aromatic N) is 4. The number of aromatic nitrogens is 3. The van der Waals surface area contributed by atoms with E-state index in [0.29, 0.717) is 16.9 Å². The van der Waals surface area contributed by atoms with E-state index in [4.69, 9.17) is 4.74 Å². The van der Waals surface area contributed by atoms with Gasteiger partial charge in [0.15, 0.2) is 12.3 Å². The molecule has 3 aromatic rings. The zero-order chi connectivity index (χ0) is 19.6. The normalized spacial score (nSPS) is 10.6. The lowest BCUT2D eigenvalue weighted by molar-refractivity contribution is -0.384. The number of hydrogen-bond acceptors (Lipinski definition) is 7. The molecule has 1 amide bonds. The molecule has 1 N–H and O–H groups in total. The van der Waals surface area contributed by atoms with Crippen LogP contribution in [0.3, 0.4) is 0 Å². The van der Waals surface area contributed by atoms with Gasteiger partial charge in [0.1, 0.15) is 5.56 Å². The lowest BCUT2D eigenvalue weighted by Gasteiger charge is -2.09. The molecule has 2 aromatic heterocycles. The minimum absolute atomic E-state index is 0.152. The number of nitro groups is 1. The quantitative estimate of drug-likeness (QED) is 0.414. The first kappa shape index (κ1) is 18.0. The van der Waals surface area contributed by atoms with Gasteiger partial charge in [-0.05, 0) is 25.5 Å². The SMILES string of the molecule is Cc1ccc([N+](=O)[O-])cc1NC(=O)COC(=O)c1c(C)nn2cccnc12. The standard InChI is InChI=1S/C17H15N5O5/c1-10-4-5-12(22(25)26)8-13(10)19-14(23)9-27-17(24)15-11(2)20-21-7-3-6-18-16(15)21/h3-8H,9H2,1-2H3,(H,19,23). The van der Waals surface area contributed by atoms with Crippen molar-refractivity contribution in [2.45, 2.75) is 13.8 Å². The maximum atomic E-state index is 12.3. The second-order valence-corrected chi connectivity index (χ2v) is 5.73. The van der Waals surface area contributed by atoms with Crippen LogP contribution in [0.1, 0.15) is 21.6 Å². The van der Waals surface area contributed by atoms with Crippen molar-refractivity contribution in [2.75, 3.05) is 11.9 Å². The van der Waals surface area contributed by atoms with Gasteiger partial charge in [0.25, 0.3) is 11.6 Å². The van der Waals surface area contributed by atoms with Gasteiger partial charge in [-0.2, -0.15) is 5.10 Å². The Bertz CT molecular complexity index is 1060. The molecule has 0 saturated heterocycles. The number of anilines is 1. The minimum Gasteiger partial charge on any atom is -0.452 e. The number of carbonyl (C=O) groups is 2. The first-order valence-electron chi connectivity index (χ1n) is 7.89. The molecule has 0 aliphatic heterocycles. The Kier molecular flexibility index (Phi) is 4.79. The predicted molar refractivity (Wildman–Crippen MR) is 94.5 cm³/mol. The first-order chi connectivity index (χ1) is 12.9. The molecule has 0 saturated carbocycles. The van der Waals surface area contributed by atoms with E-state index in [2.05, 4.69) is 15.4 Å². The lowest BCUT2D eigenvalue weighted by Crippen LogP contribution is -2.21. The molecule has 10 nitrogen and oxygen atoms in total. The number of fused-ring (bicyclic) bond motifs is 1. The van der Waals surface area contributed by atoms with Gasteiger partial charge in [0.05, 0.1) is 16.3 Å². The van der Waals surface area contributed by atoms with E-state index in [0.717, 1.165) is 0 Å². The third kappa shape index (κ3) is 3.73. The number of rotatable bonds is 5. The van der Waals surface area contributed by atoms with Gasteiger partial charge in [0.2, 0.25) is 0 Å². The molecule has 0 aliphatic rings. The van der Waals surface area contributed by atoms with Crippen LogP contribution in [-0.4, -0.2) is 38.0 Å². The van der Waals surface area contributed by atoms with Crippen LogP contribution >= 0.6 is 0 Å². The van der Waals surface area contributed by atoms with Gasteiger partial charge >= 0.3 is 5.97 Å². The van der Waals surface area contributed by atoms with E-state index >= 15 is 0 Å². The van der Waals surface area contributed by atoms with Crippen LogP contribution in [0.15, 0.2) is 36.7 Å². The van der Waals surface area contributed by atoms with Crippen LogP contribution in [-0.2, 0) is 9.53 Å². The Labute approximate surface area is 152 Å². The molecule has 0 aliphatic carbocycles. The number of aryl methyl sites for hydroxylation is 2. The fraction of sp³-hybridized carbons (Fsp3) is 0.176. The number of non-ortho nitro benzene ring substituents is 1. The Morgan fingerprint density at radius 2 is 2.11 bits per heavy atom. The van der Waals surface area contributed by atoms with Crippen LogP contribution in [0, 0.1) is 24.0 Å². The molecule has 1 aromatic carbocycles. The van der Waals surface area contributed by atoms with Crippen LogP contribution < -0.4 is 5.32 Å². The van der Waals surface area contributed by atoms with Gasteiger partial charge in [0, 0.05) is 24.5 Å². The number of nitrogens with one attached hydrogen (secondary N) is 1. The van der Waals surface area contributed by atoms with Crippen molar-refractivity contribution >= 4 is 28.9 Å². The molecule has 0 unspecified atom stereocenters. The highest BCUT2D eigenvalue weighted by Gasteiger charge is 2.20. The highest BCUT2D eigenvalue weighted by atomic mass is 16.6. The van der Waals surface area contributed by atoms with Crippen molar-refractivity contribution in [3.05, 3.63) is 63.6 Å². The Morgan fingerprint density at radius 3 is 2.85 bits per heavy atom. The van der Waals surface area contributed by atoms with Gasteiger partial charge in [-0.1, -0.05) is 6.07 Å². The summed E-state index contributed by atoms with van der Waals surface area (Å²) in [5, 5.41) is 17.5. The zero-order valence-electron chi connectivity index (χ0n) is 14.5. The fourth-order valence-electron chi connectivity index (χ4n) is 2.48. The molecule has 10 heteroatoms. The maximum absolute atomic E-state index is 12.3. The van der Waals surface area contributed by atoms with E-state index in [1.807, 2.05) is 0 Å². The monoisotopic (exact) mass is 369 g/mol. The smallest absolute Gasteiger partial charge is 0.344 e. The summed E-state index contributed by atoms with van der Waals surface area (Å²) < 4.78 is 6.49. The summed E-state index contributed by atoms with van der Waals surface area (Å²) in [4.78, 5) is 38.8. The summed E-state index contributed by atoms with van der Waals surface area (Å²) in [5.74, 6) is -1.35. The zero-order valence-corrected chi connectivity index (χ0v) is 14.5. The van der Waals surface area contributed by atoms with Gasteiger partial charge in [-0.25, -0.2) is 14.3 Å². The summed E-state index contributed by atoms with van der Waals surface area (Å²) >= 11 is 0. The van der Waals surface area contributed by atoms with E-state index < -0.39 is 23.4 Å². The number of benzene rings is 1. The molecule has 27 heavy (non-hydrogen) atoms. The number of carbonyl (C=O) groups excluding carboxylic acids is 2. The third-order valence-electron chi connectivity index (χ3n) is 3.81. The van der Waals surface area contributed by atoms with Gasteiger partial charge < -0.3 is 10.1 Å². The predicted octanol–water partition coefficient (Wildman–Crippen LogP) is 2.05. The largest absolute Gasteiger partial charge is 0.452 e. The molecule has 0 fully saturated rings. The van der Waals surface area contributed by atoms with Gasteiger partial charge in [-0.3, -0.25) is 14.9 Å². The second kappa shape index (κ2) is 7.20. The number of amides is 1. The van der Waals surface area contributed by atoms with Crippen LogP contribution in [0.25, 0.3) is 5.65 Å². The highest BCUT2D eigenvalue weighted by Crippen LogP contribution is 2.22. The molecule has 0 spiro atoms. The van der Waals surface area contributed by atoms with Crippen LogP contribution in [0.4, 0.5) is 11.4 Å². The fourth-order valence-corrected chi connectivity index (χ4v) is 2.48. The van der Waals surface area contributed by atoms with E-state index in [9.17, 15) is 19.7 Å². The van der Waals surface area contributed by atoms with Crippen LogP contribution in [0.5, 0.6) is 0 Å². The average Bonchev–Trinajstić information content (AvgIpc) is 2.97. The molecule has 3 rings (SSSR count). The minimum atomic E-state index is -0.730. The summed E-state index contributed by atoms with van der Waals surface area (Å²) in [5.41, 5.74) is 1.70. The van der Waals surface area contributed by atoms with Gasteiger partial charge in [-0.15, -0.1) is 0 Å². The number of esters is 1. The highest BCUT2D eigenvalue weighted by molar-refractivity contribution is 5.99. The van der Waals surface area contributed by atoms with E-state index in [1.165, 1.54) is 28.9 Å². The number of ether oxygens (including phenoxy) is 1. The van der Waals surface area contributed by atoms with E-state index in [-0.39, 0.29) is 16.9 Å². The van der Waals surface area contributed by atoms with Crippen molar-refractivity contribution in [3.8, 4) is 0 Å². The number of nitro benzene ring substituents is 1. The van der Waals surface area contributed by atoms with Crippen molar-refractivity contribution in [1.82, 2.24) is 14.6 Å². The Balaban J connectivity index is 1.69. The first-order valence-corrected chi connectivity index (χ1v) is 7.89. The Hall–Kier alpha value is -3.82. The molecule has 0 atom stereocenters.